The molecule has 0 aliphatic heterocycles. The number of hydrogen-bond acceptors (Lipinski definition) is 3. The lowest BCUT2D eigenvalue weighted by molar-refractivity contribution is 0.252. The van der Waals surface area contributed by atoms with Crippen LogP contribution >= 0.6 is 0 Å². The van der Waals surface area contributed by atoms with Crippen molar-refractivity contribution in [2.75, 3.05) is 25.4 Å². The molecule has 0 amide bonds. The highest BCUT2D eigenvalue weighted by Gasteiger charge is 2.24. The van der Waals surface area contributed by atoms with Crippen LogP contribution in [-0.2, 0) is 10.0 Å². The zero-order valence-electron chi connectivity index (χ0n) is 12.5. The standard InChI is InChI=1S/C13H30N2O2S/c1-6-8-14-9-7-10-18(16,17)15-11-13(4,5)12(2)3/h12,14-15H,6-11H2,1-5H3. The Balaban J connectivity index is 3.94. The number of sulfonamides is 1. The van der Waals surface area contributed by atoms with Gasteiger partial charge in [-0.25, -0.2) is 13.1 Å². The van der Waals surface area contributed by atoms with Crippen molar-refractivity contribution < 1.29 is 8.42 Å². The predicted octanol–water partition coefficient (Wildman–Crippen LogP) is 1.98. The van der Waals surface area contributed by atoms with Crippen LogP contribution in [0.5, 0.6) is 0 Å². The van der Waals surface area contributed by atoms with Crippen LogP contribution in [0.3, 0.4) is 0 Å². The summed E-state index contributed by atoms with van der Waals surface area (Å²) in [5.74, 6) is 0.657. The summed E-state index contributed by atoms with van der Waals surface area (Å²) in [5.41, 5.74) is -0.00642. The van der Waals surface area contributed by atoms with Crippen LogP contribution in [0.4, 0.5) is 0 Å². The van der Waals surface area contributed by atoms with Crippen molar-refractivity contribution in [3.63, 3.8) is 0 Å². The van der Waals surface area contributed by atoms with E-state index < -0.39 is 10.0 Å². The molecule has 0 saturated carbocycles. The van der Waals surface area contributed by atoms with E-state index in [1.807, 2.05) is 0 Å². The van der Waals surface area contributed by atoms with Crippen LogP contribution in [0.15, 0.2) is 0 Å². The van der Waals surface area contributed by atoms with E-state index in [9.17, 15) is 8.42 Å². The molecule has 0 aromatic carbocycles. The smallest absolute Gasteiger partial charge is 0.211 e. The molecular formula is C13H30N2O2S. The maximum Gasteiger partial charge on any atom is 0.211 e. The third-order valence-electron chi connectivity index (χ3n) is 3.50. The van der Waals surface area contributed by atoms with E-state index in [-0.39, 0.29) is 11.2 Å². The Morgan fingerprint density at radius 1 is 1.17 bits per heavy atom. The summed E-state index contributed by atoms with van der Waals surface area (Å²) in [6.07, 6.45) is 1.74. The SMILES string of the molecule is CCCNCCCS(=O)(=O)NCC(C)(C)C(C)C. The molecule has 0 fully saturated rings. The van der Waals surface area contributed by atoms with E-state index in [1.165, 1.54) is 0 Å². The van der Waals surface area contributed by atoms with Gasteiger partial charge in [-0.15, -0.1) is 0 Å². The van der Waals surface area contributed by atoms with Crippen molar-refractivity contribution in [2.24, 2.45) is 11.3 Å². The van der Waals surface area contributed by atoms with Crippen molar-refractivity contribution in [1.29, 1.82) is 0 Å². The van der Waals surface area contributed by atoms with Crippen molar-refractivity contribution in [2.45, 2.75) is 47.5 Å². The second kappa shape index (κ2) is 8.12. The van der Waals surface area contributed by atoms with E-state index in [0.717, 1.165) is 19.5 Å². The molecule has 0 aromatic heterocycles. The molecule has 0 rings (SSSR count). The fourth-order valence-electron chi connectivity index (χ4n) is 1.26. The highest BCUT2D eigenvalue weighted by Crippen LogP contribution is 2.24. The van der Waals surface area contributed by atoms with Gasteiger partial charge in [0, 0.05) is 6.54 Å². The first kappa shape index (κ1) is 17.9. The maximum atomic E-state index is 11.8. The number of nitrogens with one attached hydrogen (secondary N) is 2. The van der Waals surface area contributed by atoms with Crippen LogP contribution in [0.25, 0.3) is 0 Å². The highest BCUT2D eigenvalue weighted by molar-refractivity contribution is 7.89. The lowest BCUT2D eigenvalue weighted by Crippen LogP contribution is -2.38. The minimum atomic E-state index is -3.13. The number of rotatable bonds is 10. The molecule has 0 saturated heterocycles. The molecule has 18 heavy (non-hydrogen) atoms. The summed E-state index contributed by atoms with van der Waals surface area (Å²) < 4.78 is 26.3. The van der Waals surface area contributed by atoms with Crippen LogP contribution in [0.2, 0.25) is 0 Å². The average Bonchev–Trinajstić information content (AvgIpc) is 2.26. The van der Waals surface area contributed by atoms with Crippen molar-refractivity contribution in [3.8, 4) is 0 Å². The van der Waals surface area contributed by atoms with Gasteiger partial charge in [0.25, 0.3) is 0 Å². The fraction of sp³-hybridized carbons (Fsp3) is 1.00. The molecule has 0 aromatic rings. The van der Waals surface area contributed by atoms with Gasteiger partial charge in [-0.1, -0.05) is 34.6 Å². The summed E-state index contributed by atoms with van der Waals surface area (Å²) in [7, 11) is -3.13. The normalized spacial score (nSPS) is 13.2. The van der Waals surface area contributed by atoms with Crippen LogP contribution in [0, 0.1) is 11.3 Å². The van der Waals surface area contributed by atoms with Crippen LogP contribution in [0.1, 0.15) is 47.5 Å². The van der Waals surface area contributed by atoms with E-state index in [0.29, 0.717) is 18.9 Å². The predicted molar refractivity (Wildman–Crippen MR) is 78.2 cm³/mol. The first-order valence-electron chi connectivity index (χ1n) is 6.89. The Bertz CT molecular complexity index is 311. The van der Waals surface area contributed by atoms with Gasteiger partial charge in [-0.3, -0.25) is 0 Å². The minimum Gasteiger partial charge on any atom is -0.317 e. The molecular weight excluding hydrogens is 248 g/mol. The quantitative estimate of drug-likeness (QED) is 0.601. The van der Waals surface area contributed by atoms with Gasteiger partial charge in [-0.2, -0.15) is 0 Å². The Kier molecular flexibility index (Phi) is 8.06. The largest absolute Gasteiger partial charge is 0.317 e. The summed E-state index contributed by atoms with van der Waals surface area (Å²) in [4.78, 5) is 0. The topological polar surface area (TPSA) is 58.2 Å². The van der Waals surface area contributed by atoms with E-state index in [1.54, 1.807) is 0 Å². The van der Waals surface area contributed by atoms with Gasteiger partial charge in [0.2, 0.25) is 10.0 Å². The molecule has 0 unspecified atom stereocenters. The fourth-order valence-corrected chi connectivity index (χ4v) is 2.52. The summed E-state index contributed by atoms with van der Waals surface area (Å²) in [6.45, 7) is 12.7. The summed E-state index contributed by atoms with van der Waals surface area (Å²) in [5, 5.41) is 3.21. The molecule has 0 heterocycles. The van der Waals surface area contributed by atoms with E-state index in [4.69, 9.17) is 0 Å². The summed E-state index contributed by atoms with van der Waals surface area (Å²) in [6, 6.07) is 0. The van der Waals surface area contributed by atoms with Crippen LogP contribution in [-0.4, -0.2) is 33.8 Å². The Labute approximate surface area is 113 Å². The van der Waals surface area contributed by atoms with Gasteiger partial charge in [-0.05, 0) is 37.3 Å². The first-order valence-corrected chi connectivity index (χ1v) is 8.54. The third-order valence-corrected chi connectivity index (χ3v) is 4.91. The molecule has 0 aliphatic rings. The molecule has 0 bridgehead atoms. The van der Waals surface area contributed by atoms with Crippen LogP contribution < -0.4 is 10.0 Å². The molecule has 4 nitrogen and oxygen atoms in total. The van der Waals surface area contributed by atoms with Gasteiger partial charge in [0.05, 0.1) is 5.75 Å². The van der Waals surface area contributed by atoms with Gasteiger partial charge in [0.1, 0.15) is 0 Å². The van der Waals surface area contributed by atoms with E-state index in [2.05, 4.69) is 44.7 Å². The third kappa shape index (κ3) is 8.06. The highest BCUT2D eigenvalue weighted by atomic mass is 32.2. The van der Waals surface area contributed by atoms with Gasteiger partial charge >= 0.3 is 0 Å². The minimum absolute atomic E-state index is 0.00642. The lowest BCUT2D eigenvalue weighted by atomic mass is 9.81. The molecule has 0 radical (unpaired) electrons. The molecule has 0 spiro atoms. The van der Waals surface area contributed by atoms with Crippen molar-refractivity contribution >= 4 is 10.0 Å². The van der Waals surface area contributed by atoms with E-state index >= 15 is 0 Å². The Hall–Kier alpha value is -0.130. The summed E-state index contributed by atoms with van der Waals surface area (Å²) >= 11 is 0. The van der Waals surface area contributed by atoms with Crippen molar-refractivity contribution in [3.05, 3.63) is 0 Å². The first-order chi connectivity index (χ1) is 8.21. The number of hydrogen-bond donors (Lipinski definition) is 2. The molecule has 0 atom stereocenters. The van der Waals surface area contributed by atoms with Gasteiger partial charge in [0.15, 0.2) is 0 Å². The Morgan fingerprint density at radius 3 is 2.28 bits per heavy atom. The Morgan fingerprint density at radius 2 is 1.78 bits per heavy atom. The zero-order valence-corrected chi connectivity index (χ0v) is 13.4. The molecule has 2 N–H and O–H groups in total. The average molecular weight is 278 g/mol. The second-order valence-electron chi connectivity index (χ2n) is 5.89. The zero-order chi connectivity index (χ0) is 14.2. The maximum absolute atomic E-state index is 11.8. The monoisotopic (exact) mass is 278 g/mol. The lowest BCUT2D eigenvalue weighted by Gasteiger charge is -2.29. The van der Waals surface area contributed by atoms with Crippen molar-refractivity contribution in [1.82, 2.24) is 10.0 Å². The second-order valence-corrected chi connectivity index (χ2v) is 7.81. The molecule has 5 heteroatoms. The molecule has 110 valence electrons. The molecule has 0 aliphatic carbocycles. The van der Waals surface area contributed by atoms with Gasteiger partial charge < -0.3 is 5.32 Å².